The van der Waals surface area contributed by atoms with Gasteiger partial charge in [0.15, 0.2) is 0 Å². The molecule has 1 saturated carbocycles. The van der Waals surface area contributed by atoms with E-state index in [4.69, 9.17) is 4.74 Å². The van der Waals surface area contributed by atoms with Crippen molar-refractivity contribution in [3.63, 3.8) is 0 Å². The van der Waals surface area contributed by atoms with Crippen LogP contribution >= 0.6 is 0 Å². The average molecular weight is 238 g/mol. The highest BCUT2D eigenvalue weighted by molar-refractivity contribution is 4.89. The molecule has 1 aliphatic heterocycles. The molecule has 1 saturated heterocycles. The Morgan fingerprint density at radius 1 is 0.941 bits per heavy atom. The van der Waals surface area contributed by atoms with E-state index in [1.54, 1.807) is 0 Å². The molecule has 17 heavy (non-hydrogen) atoms. The highest BCUT2D eigenvalue weighted by atomic mass is 16.5. The molecule has 0 radical (unpaired) electrons. The molecule has 4 atom stereocenters. The summed E-state index contributed by atoms with van der Waals surface area (Å²) in [6.07, 6.45) is 8.91. The van der Waals surface area contributed by atoms with Crippen molar-refractivity contribution in [2.45, 2.75) is 72.3 Å². The van der Waals surface area contributed by atoms with Crippen molar-refractivity contribution in [3.8, 4) is 0 Å². The van der Waals surface area contributed by atoms with Crippen LogP contribution in [0.15, 0.2) is 0 Å². The third-order valence-corrected chi connectivity index (χ3v) is 5.54. The Labute approximate surface area is 107 Å². The maximum atomic E-state index is 5.89. The number of hydrogen-bond donors (Lipinski definition) is 0. The minimum absolute atomic E-state index is 0.481. The van der Waals surface area contributed by atoms with Crippen LogP contribution in [0.5, 0.6) is 0 Å². The molecule has 0 aromatic rings. The summed E-state index contributed by atoms with van der Waals surface area (Å²) in [7, 11) is 0. The SMILES string of the molecule is CC1CCCC(C(C)(C)C2CCC(C)OC2)C1. The van der Waals surface area contributed by atoms with Gasteiger partial charge in [-0.25, -0.2) is 0 Å². The lowest BCUT2D eigenvalue weighted by atomic mass is 9.61. The van der Waals surface area contributed by atoms with Gasteiger partial charge in [-0.3, -0.25) is 0 Å². The van der Waals surface area contributed by atoms with E-state index in [0.717, 1.165) is 24.4 Å². The lowest BCUT2D eigenvalue weighted by Crippen LogP contribution is -2.40. The second kappa shape index (κ2) is 5.30. The van der Waals surface area contributed by atoms with E-state index in [9.17, 15) is 0 Å². The predicted molar refractivity (Wildman–Crippen MR) is 73.0 cm³/mol. The normalized spacial score (nSPS) is 40.2. The molecule has 0 bridgehead atoms. The van der Waals surface area contributed by atoms with Gasteiger partial charge in [-0.2, -0.15) is 0 Å². The molecule has 0 aromatic carbocycles. The first kappa shape index (κ1) is 13.4. The third-order valence-electron chi connectivity index (χ3n) is 5.54. The second-order valence-electron chi connectivity index (χ2n) is 7.21. The zero-order chi connectivity index (χ0) is 12.5. The Kier molecular flexibility index (Phi) is 4.18. The Hall–Kier alpha value is -0.0400. The van der Waals surface area contributed by atoms with Gasteiger partial charge >= 0.3 is 0 Å². The molecule has 0 N–H and O–H groups in total. The molecule has 100 valence electrons. The summed E-state index contributed by atoms with van der Waals surface area (Å²) in [6.45, 7) is 10.6. The lowest BCUT2D eigenvalue weighted by molar-refractivity contribution is -0.0650. The van der Waals surface area contributed by atoms with Crippen LogP contribution in [0, 0.1) is 23.2 Å². The Balaban J connectivity index is 1.96. The summed E-state index contributed by atoms with van der Waals surface area (Å²) in [5.74, 6) is 2.65. The maximum Gasteiger partial charge on any atom is 0.0547 e. The van der Waals surface area contributed by atoms with E-state index < -0.39 is 0 Å². The van der Waals surface area contributed by atoms with Crippen molar-refractivity contribution >= 4 is 0 Å². The van der Waals surface area contributed by atoms with Crippen molar-refractivity contribution in [3.05, 3.63) is 0 Å². The number of ether oxygens (including phenoxy) is 1. The second-order valence-corrected chi connectivity index (χ2v) is 7.21. The molecule has 1 heterocycles. The van der Waals surface area contributed by atoms with Crippen LogP contribution in [-0.4, -0.2) is 12.7 Å². The molecule has 1 aliphatic carbocycles. The molecule has 2 aliphatic rings. The largest absolute Gasteiger partial charge is 0.378 e. The van der Waals surface area contributed by atoms with E-state index >= 15 is 0 Å². The first-order valence-electron chi connectivity index (χ1n) is 7.61. The number of rotatable bonds is 2. The monoisotopic (exact) mass is 238 g/mol. The summed E-state index contributed by atoms with van der Waals surface area (Å²) in [4.78, 5) is 0. The van der Waals surface area contributed by atoms with Crippen molar-refractivity contribution in [2.24, 2.45) is 23.2 Å². The topological polar surface area (TPSA) is 9.23 Å². The molecule has 0 aromatic heterocycles. The Morgan fingerprint density at radius 2 is 1.71 bits per heavy atom. The fourth-order valence-electron chi connectivity index (χ4n) is 3.91. The smallest absolute Gasteiger partial charge is 0.0547 e. The van der Waals surface area contributed by atoms with E-state index in [1.807, 2.05) is 0 Å². The van der Waals surface area contributed by atoms with Crippen molar-refractivity contribution < 1.29 is 4.74 Å². The van der Waals surface area contributed by atoms with Crippen molar-refractivity contribution in [1.82, 2.24) is 0 Å². The maximum absolute atomic E-state index is 5.89. The van der Waals surface area contributed by atoms with Gasteiger partial charge in [0.25, 0.3) is 0 Å². The summed E-state index contributed by atoms with van der Waals surface area (Å²) in [6, 6.07) is 0. The fraction of sp³-hybridized carbons (Fsp3) is 1.00. The minimum Gasteiger partial charge on any atom is -0.378 e. The summed E-state index contributed by atoms with van der Waals surface area (Å²) in [5.41, 5.74) is 0.481. The quantitative estimate of drug-likeness (QED) is 0.680. The van der Waals surface area contributed by atoms with E-state index in [2.05, 4.69) is 27.7 Å². The van der Waals surface area contributed by atoms with Gasteiger partial charge in [-0.15, -0.1) is 0 Å². The van der Waals surface area contributed by atoms with Crippen LogP contribution < -0.4 is 0 Å². The van der Waals surface area contributed by atoms with Gasteiger partial charge < -0.3 is 4.74 Å². The van der Waals surface area contributed by atoms with Crippen molar-refractivity contribution in [1.29, 1.82) is 0 Å². The average Bonchev–Trinajstić information content (AvgIpc) is 2.29. The first-order valence-corrected chi connectivity index (χ1v) is 7.61. The van der Waals surface area contributed by atoms with Crippen molar-refractivity contribution in [2.75, 3.05) is 6.61 Å². The van der Waals surface area contributed by atoms with Crippen LogP contribution in [0.3, 0.4) is 0 Å². The molecule has 0 spiro atoms. The molecular formula is C16H30O. The summed E-state index contributed by atoms with van der Waals surface area (Å²) >= 11 is 0. The van der Waals surface area contributed by atoms with Gasteiger partial charge in [0.05, 0.1) is 12.7 Å². The fourth-order valence-corrected chi connectivity index (χ4v) is 3.91. The highest BCUT2D eigenvalue weighted by Gasteiger charge is 2.40. The standard InChI is InChI=1S/C16H30O/c1-12-6-5-7-14(10-12)16(3,4)15-9-8-13(2)17-11-15/h12-15H,5-11H2,1-4H3. The van der Waals surface area contributed by atoms with E-state index in [0.29, 0.717) is 11.5 Å². The zero-order valence-corrected chi connectivity index (χ0v) is 12.2. The highest BCUT2D eigenvalue weighted by Crippen LogP contribution is 2.47. The summed E-state index contributed by atoms with van der Waals surface area (Å²) in [5, 5.41) is 0. The van der Waals surface area contributed by atoms with Gasteiger partial charge in [0.2, 0.25) is 0 Å². The number of hydrogen-bond acceptors (Lipinski definition) is 1. The minimum atomic E-state index is 0.481. The Bertz CT molecular complexity index is 238. The summed E-state index contributed by atoms with van der Waals surface area (Å²) < 4.78 is 5.89. The van der Waals surface area contributed by atoms with E-state index in [1.165, 1.54) is 38.5 Å². The molecule has 2 fully saturated rings. The van der Waals surface area contributed by atoms with Gasteiger partial charge in [-0.05, 0) is 55.8 Å². The molecule has 1 heteroatoms. The third kappa shape index (κ3) is 3.05. The van der Waals surface area contributed by atoms with Crippen LogP contribution in [0.25, 0.3) is 0 Å². The van der Waals surface area contributed by atoms with Crippen LogP contribution in [0.4, 0.5) is 0 Å². The predicted octanol–water partition coefficient (Wildman–Crippen LogP) is 4.65. The first-order chi connectivity index (χ1) is 8.00. The van der Waals surface area contributed by atoms with Crippen LogP contribution in [0.1, 0.15) is 66.2 Å². The Morgan fingerprint density at radius 3 is 2.29 bits per heavy atom. The zero-order valence-electron chi connectivity index (χ0n) is 12.2. The van der Waals surface area contributed by atoms with Crippen LogP contribution in [-0.2, 0) is 4.74 Å². The van der Waals surface area contributed by atoms with E-state index in [-0.39, 0.29) is 0 Å². The van der Waals surface area contributed by atoms with Crippen LogP contribution in [0.2, 0.25) is 0 Å². The van der Waals surface area contributed by atoms with Gasteiger partial charge in [-0.1, -0.05) is 33.6 Å². The molecule has 0 amide bonds. The van der Waals surface area contributed by atoms with Gasteiger partial charge in [0, 0.05) is 0 Å². The molecule has 2 rings (SSSR count). The molecule has 4 unspecified atom stereocenters. The molecule has 1 nitrogen and oxygen atoms in total. The lowest BCUT2D eigenvalue weighted by Gasteiger charge is -2.46. The molecular weight excluding hydrogens is 208 g/mol. The van der Waals surface area contributed by atoms with Gasteiger partial charge in [0.1, 0.15) is 0 Å².